The van der Waals surface area contributed by atoms with E-state index in [4.69, 9.17) is 0 Å². The van der Waals surface area contributed by atoms with Crippen LogP contribution in [0.4, 0.5) is 0 Å². The molecule has 0 aromatic rings. The average molecular weight is 174 g/mol. The predicted molar refractivity (Wildman–Crippen MR) is 52.5 cm³/mol. The molecule has 3 rings (SSSR count). The third kappa shape index (κ3) is 0.886. The Morgan fingerprint density at radius 1 is 1.23 bits per heavy atom. The molecule has 0 N–H and O–H groups in total. The van der Waals surface area contributed by atoms with Crippen molar-refractivity contribution in [3.05, 3.63) is 35.8 Å². The summed E-state index contributed by atoms with van der Waals surface area (Å²) in [5, 5.41) is 0. The molecule has 0 radical (unpaired) electrons. The van der Waals surface area contributed by atoms with E-state index in [9.17, 15) is 0 Å². The Morgan fingerprint density at radius 2 is 2.08 bits per heavy atom. The highest BCUT2D eigenvalue weighted by Crippen LogP contribution is 2.39. The summed E-state index contributed by atoms with van der Waals surface area (Å²) in [4.78, 5) is 4.69. The Morgan fingerprint density at radius 3 is 3.00 bits per heavy atom. The molecular formula is C11H14N2. The van der Waals surface area contributed by atoms with Crippen LogP contribution in [-0.2, 0) is 0 Å². The predicted octanol–water partition coefficient (Wildman–Crippen LogP) is 2.04. The van der Waals surface area contributed by atoms with Gasteiger partial charge in [-0.1, -0.05) is 12.2 Å². The van der Waals surface area contributed by atoms with Gasteiger partial charge in [0.15, 0.2) is 0 Å². The highest BCUT2D eigenvalue weighted by molar-refractivity contribution is 5.40. The van der Waals surface area contributed by atoms with Crippen molar-refractivity contribution < 1.29 is 0 Å². The number of nitrogens with zero attached hydrogens (tertiary/aromatic N) is 2. The third-order valence-electron chi connectivity index (χ3n) is 3.16. The molecule has 0 saturated carbocycles. The summed E-state index contributed by atoms with van der Waals surface area (Å²) in [5.74, 6) is 0. The fourth-order valence-corrected chi connectivity index (χ4v) is 2.42. The van der Waals surface area contributed by atoms with Crippen LogP contribution in [0.25, 0.3) is 0 Å². The molecule has 2 heterocycles. The first-order chi connectivity index (χ1) is 6.36. The highest BCUT2D eigenvalue weighted by atomic mass is 15.4. The van der Waals surface area contributed by atoms with Gasteiger partial charge in [-0.2, -0.15) is 0 Å². The van der Waals surface area contributed by atoms with Crippen molar-refractivity contribution in [2.24, 2.45) is 0 Å². The molecule has 1 atom stereocenters. The number of hydrogen-bond donors (Lipinski definition) is 0. The summed E-state index contributed by atoms with van der Waals surface area (Å²) in [6.07, 6.45) is 13.3. The normalized spacial score (nSPS) is 30.1. The lowest BCUT2D eigenvalue weighted by molar-refractivity contribution is 0.244. The van der Waals surface area contributed by atoms with E-state index in [-0.39, 0.29) is 0 Å². The lowest BCUT2D eigenvalue weighted by atomic mass is 10.0. The molecule has 68 valence electrons. The number of rotatable bonds is 0. The first-order valence-electron chi connectivity index (χ1n) is 4.94. The quantitative estimate of drug-likeness (QED) is 0.554. The number of hydrogen-bond acceptors (Lipinski definition) is 2. The first-order valence-corrected chi connectivity index (χ1v) is 4.94. The second kappa shape index (κ2) is 2.41. The molecule has 2 aliphatic heterocycles. The van der Waals surface area contributed by atoms with Crippen molar-refractivity contribution in [3.63, 3.8) is 0 Å². The van der Waals surface area contributed by atoms with E-state index >= 15 is 0 Å². The molecule has 0 amide bonds. The second-order valence-electron chi connectivity index (χ2n) is 3.95. The average Bonchev–Trinajstić information content (AvgIpc) is 2.67. The summed E-state index contributed by atoms with van der Waals surface area (Å²) in [5.41, 5.74) is 3.00. The van der Waals surface area contributed by atoms with Gasteiger partial charge < -0.3 is 9.80 Å². The summed E-state index contributed by atoms with van der Waals surface area (Å²) >= 11 is 0. The van der Waals surface area contributed by atoms with Gasteiger partial charge in [0.2, 0.25) is 0 Å². The molecule has 1 fully saturated rings. The Hall–Kier alpha value is -1.18. The Balaban J connectivity index is 2.01. The van der Waals surface area contributed by atoms with E-state index in [1.807, 2.05) is 0 Å². The van der Waals surface area contributed by atoms with Crippen LogP contribution in [0.2, 0.25) is 0 Å². The maximum Gasteiger partial charge on any atom is 0.109 e. The first kappa shape index (κ1) is 7.25. The number of allylic oxidation sites excluding steroid dienone is 3. The van der Waals surface area contributed by atoms with E-state index in [0.717, 1.165) is 0 Å². The van der Waals surface area contributed by atoms with Gasteiger partial charge in [-0.25, -0.2) is 0 Å². The molecule has 2 nitrogen and oxygen atoms in total. The van der Waals surface area contributed by atoms with Gasteiger partial charge in [-0.05, 0) is 18.4 Å². The van der Waals surface area contributed by atoms with Crippen LogP contribution in [0.15, 0.2) is 35.8 Å². The van der Waals surface area contributed by atoms with Gasteiger partial charge in [-0.3, -0.25) is 0 Å². The minimum atomic E-state index is 0.565. The third-order valence-corrected chi connectivity index (χ3v) is 3.16. The molecule has 1 saturated heterocycles. The van der Waals surface area contributed by atoms with E-state index in [1.165, 1.54) is 25.0 Å². The minimum absolute atomic E-state index is 0.565. The van der Waals surface area contributed by atoms with E-state index < -0.39 is 0 Å². The zero-order chi connectivity index (χ0) is 8.84. The maximum atomic E-state index is 2.40. The summed E-state index contributed by atoms with van der Waals surface area (Å²) in [6.45, 7) is 0. The zero-order valence-corrected chi connectivity index (χ0v) is 7.90. The van der Waals surface area contributed by atoms with E-state index in [1.54, 1.807) is 5.57 Å². The van der Waals surface area contributed by atoms with Crippen LogP contribution >= 0.6 is 0 Å². The van der Waals surface area contributed by atoms with Gasteiger partial charge in [-0.15, -0.1) is 0 Å². The number of fused-ring (bicyclic) bond motifs is 3. The van der Waals surface area contributed by atoms with Gasteiger partial charge in [0, 0.05) is 31.6 Å². The zero-order valence-electron chi connectivity index (χ0n) is 7.90. The fourth-order valence-electron chi connectivity index (χ4n) is 2.42. The van der Waals surface area contributed by atoms with Crippen LogP contribution in [0, 0.1) is 0 Å². The summed E-state index contributed by atoms with van der Waals surface area (Å²) in [7, 11) is 2.15. The van der Waals surface area contributed by atoms with E-state index in [2.05, 4.69) is 41.4 Å². The van der Waals surface area contributed by atoms with Crippen molar-refractivity contribution in [1.29, 1.82) is 0 Å². The molecule has 0 aromatic heterocycles. The van der Waals surface area contributed by atoms with Crippen molar-refractivity contribution in [2.75, 3.05) is 7.05 Å². The smallest absolute Gasteiger partial charge is 0.109 e. The molecule has 1 aliphatic carbocycles. The molecule has 13 heavy (non-hydrogen) atoms. The SMILES string of the molecule is CN1C=CN2C3=CCCC=C3CC12. The molecule has 3 aliphatic rings. The molecule has 1 unspecified atom stereocenters. The van der Waals surface area contributed by atoms with Crippen molar-refractivity contribution in [1.82, 2.24) is 9.80 Å². The van der Waals surface area contributed by atoms with Crippen LogP contribution < -0.4 is 0 Å². The van der Waals surface area contributed by atoms with Crippen molar-refractivity contribution in [3.8, 4) is 0 Å². The largest absolute Gasteiger partial charge is 0.358 e. The fraction of sp³-hybridized carbons (Fsp3) is 0.455. The Labute approximate surface area is 78.8 Å². The van der Waals surface area contributed by atoms with Gasteiger partial charge in [0.25, 0.3) is 0 Å². The second-order valence-corrected chi connectivity index (χ2v) is 3.95. The highest BCUT2D eigenvalue weighted by Gasteiger charge is 2.35. The van der Waals surface area contributed by atoms with Gasteiger partial charge in [0.05, 0.1) is 0 Å². The van der Waals surface area contributed by atoms with Gasteiger partial charge in [0.1, 0.15) is 6.17 Å². The standard InChI is InChI=1S/C11H14N2/c1-12-6-7-13-10-5-3-2-4-9(10)8-11(12)13/h4-7,11H,2-3,8H2,1H3. The summed E-state index contributed by atoms with van der Waals surface area (Å²) < 4.78 is 0. The van der Waals surface area contributed by atoms with E-state index in [0.29, 0.717) is 6.17 Å². The van der Waals surface area contributed by atoms with Crippen LogP contribution in [0.5, 0.6) is 0 Å². The molecule has 0 aromatic carbocycles. The Kier molecular flexibility index (Phi) is 1.34. The molecule has 0 bridgehead atoms. The van der Waals surface area contributed by atoms with Crippen LogP contribution in [0.1, 0.15) is 19.3 Å². The molecule has 0 spiro atoms. The Bertz CT molecular complexity index is 325. The van der Waals surface area contributed by atoms with Crippen molar-refractivity contribution >= 4 is 0 Å². The maximum absolute atomic E-state index is 2.40. The monoisotopic (exact) mass is 174 g/mol. The van der Waals surface area contributed by atoms with Crippen molar-refractivity contribution in [2.45, 2.75) is 25.4 Å². The van der Waals surface area contributed by atoms with Crippen LogP contribution in [0.3, 0.4) is 0 Å². The van der Waals surface area contributed by atoms with Crippen LogP contribution in [-0.4, -0.2) is 23.0 Å². The van der Waals surface area contributed by atoms with Gasteiger partial charge >= 0.3 is 0 Å². The topological polar surface area (TPSA) is 6.48 Å². The minimum Gasteiger partial charge on any atom is -0.358 e. The lowest BCUT2D eigenvalue weighted by Gasteiger charge is -2.23. The molecular weight excluding hydrogens is 160 g/mol. The lowest BCUT2D eigenvalue weighted by Crippen LogP contribution is -2.29. The molecule has 2 heteroatoms. The summed E-state index contributed by atoms with van der Waals surface area (Å²) in [6, 6.07) is 0.